The summed E-state index contributed by atoms with van der Waals surface area (Å²) in [5.41, 5.74) is 1.17. The quantitative estimate of drug-likeness (QED) is 0.865. The zero-order valence-corrected chi connectivity index (χ0v) is 10.5. The Bertz CT molecular complexity index is 536. The lowest BCUT2D eigenvalue weighted by molar-refractivity contribution is 0.0690. The standard InChI is InChI=1S/C13H13NO3S/c15-7-6-10-12(13(16)17)14-11(18-10)8-9-4-2-1-3-5-9/h1-5,15H,6-8H2,(H,16,17). The molecule has 0 spiro atoms. The third-order valence-corrected chi connectivity index (χ3v) is 3.60. The maximum Gasteiger partial charge on any atom is 0.355 e. The molecule has 0 bridgehead atoms. The van der Waals surface area contributed by atoms with Crippen LogP contribution in [0, 0.1) is 0 Å². The molecule has 2 rings (SSSR count). The van der Waals surface area contributed by atoms with Gasteiger partial charge in [0, 0.05) is 24.3 Å². The highest BCUT2D eigenvalue weighted by molar-refractivity contribution is 7.12. The van der Waals surface area contributed by atoms with Crippen LogP contribution >= 0.6 is 11.3 Å². The summed E-state index contributed by atoms with van der Waals surface area (Å²) in [4.78, 5) is 15.8. The van der Waals surface area contributed by atoms with Crippen LogP contribution in [-0.2, 0) is 12.8 Å². The average molecular weight is 263 g/mol. The number of benzene rings is 1. The smallest absolute Gasteiger partial charge is 0.355 e. The lowest BCUT2D eigenvalue weighted by Gasteiger charge is -1.95. The van der Waals surface area contributed by atoms with Gasteiger partial charge in [0.1, 0.15) is 0 Å². The van der Waals surface area contributed by atoms with E-state index in [1.165, 1.54) is 11.3 Å². The maximum absolute atomic E-state index is 11.0. The normalized spacial score (nSPS) is 10.5. The maximum atomic E-state index is 11.0. The molecule has 0 saturated carbocycles. The first-order chi connectivity index (χ1) is 8.70. The zero-order chi connectivity index (χ0) is 13.0. The first-order valence-electron chi connectivity index (χ1n) is 5.57. The Morgan fingerprint density at radius 3 is 2.61 bits per heavy atom. The van der Waals surface area contributed by atoms with Gasteiger partial charge >= 0.3 is 5.97 Å². The van der Waals surface area contributed by atoms with Crippen molar-refractivity contribution in [2.75, 3.05) is 6.61 Å². The van der Waals surface area contributed by atoms with E-state index in [1.807, 2.05) is 30.3 Å². The van der Waals surface area contributed by atoms with Gasteiger partial charge in [-0.25, -0.2) is 9.78 Å². The highest BCUT2D eigenvalue weighted by Crippen LogP contribution is 2.21. The third-order valence-electron chi connectivity index (χ3n) is 2.48. The van der Waals surface area contributed by atoms with E-state index in [0.29, 0.717) is 17.7 Å². The molecule has 2 aromatic rings. The van der Waals surface area contributed by atoms with Crippen LogP contribution in [0.5, 0.6) is 0 Å². The highest BCUT2D eigenvalue weighted by atomic mass is 32.1. The SMILES string of the molecule is O=C(O)c1nc(Cc2ccccc2)sc1CCO. The number of nitrogens with zero attached hydrogens (tertiary/aromatic N) is 1. The van der Waals surface area contributed by atoms with E-state index >= 15 is 0 Å². The lowest BCUT2D eigenvalue weighted by Crippen LogP contribution is -2.02. The second-order valence-corrected chi connectivity index (χ2v) is 4.99. The van der Waals surface area contributed by atoms with Gasteiger partial charge < -0.3 is 10.2 Å². The predicted molar refractivity (Wildman–Crippen MR) is 69.1 cm³/mol. The minimum Gasteiger partial charge on any atom is -0.476 e. The zero-order valence-electron chi connectivity index (χ0n) is 9.67. The Labute approximate surface area is 109 Å². The summed E-state index contributed by atoms with van der Waals surface area (Å²) in [6, 6.07) is 9.78. The second kappa shape index (κ2) is 5.75. The number of aliphatic hydroxyl groups excluding tert-OH is 1. The van der Waals surface area contributed by atoms with Crippen molar-refractivity contribution in [3.63, 3.8) is 0 Å². The van der Waals surface area contributed by atoms with E-state index < -0.39 is 5.97 Å². The summed E-state index contributed by atoms with van der Waals surface area (Å²) in [6.07, 6.45) is 0.964. The molecule has 0 unspecified atom stereocenters. The van der Waals surface area contributed by atoms with Crippen LogP contribution < -0.4 is 0 Å². The molecule has 0 radical (unpaired) electrons. The van der Waals surface area contributed by atoms with Crippen molar-refractivity contribution in [2.24, 2.45) is 0 Å². The minimum atomic E-state index is -1.03. The molecule has 94 valence electrons. The van der Waals surface area contributed by atoms with Crippen molar-refractivity contribution in [1.82, 2.24) is 4.98 Å². The number of carboxylic acid groups (broad SMARTS) is 1. The Balaban J connectivity index is 2.24. The van der Waals surface area contributed by atoms with Crippen molar-refractivity contribution in [3.05, 3.63) is 51.5 Å². The number of hydrogen-bond donors (Lipinski definition) is 2. The number of thiazole rings is 1. The molecule has 4 nitrogen and oxygen atoms in total. The third kappa shape index (κ3) is 2.94. The van der Waals surface area contributed by atoms with E-state index in [1.54, 1.807) is 0 Å². The van der Waals surface area contributed by atoms with Gasteiger partial charge in [0.15, 0.2) is 5.69 Å². The molecule has 0 aliphatic heterocycles. The van der Waals surface area contributed by atoms with E-state index in [2.05, 4.69) is 4.98 Å². The molecule has 0 amide bonds. The molecular weight excluding hydrogens is 250 g/mol. The number of aromatic nitrogens is 1. The Hall–Kier alpha value is -1.72. The summed E-state index contributed by atoms with van der Waals surface area (Å²) in [5, 5.41) is 18.7. The van der Waals surface area contributed by atoms with Gasteiger partial charge in [0.05, 0.1) is 5.01 Å². The second-order valence-electron chi connectivity index (χ2n) is 3.82. The van der Waals surface area contributed by atoms with Crippen LogP contribution in [0.25, 0.3) is 0 Å². The van der Waals surface area contributed by atoms with Gasteiger partial charge in [-0.05, 0) is 5.56 Å². The number of hydrogen-bond acceptors (Lipinski definition) is 4. The number of aromatic carboxylic acids is 1. The lowest BCUT2D eigenvalue weighted by atomic mass is 10.2. The van der Waals surface area contributed by atoms with Gasteiger partial charge in [-0.2, -0.15) is 0 Å². The topological polar surface area (TPSA) is 70.4 Å². The molecule has 18 heavy (non-hydrogen) atoms. The van der Waals surface area contributed by atoms with Crippen LogP contribution in [0.1, 0.15) is 25.9 Å². The summed E-state index contributed by atoms with van der Waals surface area (Å²) in [7, 11) is 0. The van der Waals surface area contributed by atoms with Gasteiger partial charge in [-0.3, -0.25) is 0 Å². The summed E-state index contributed by atoms with van der Waals surface area (Å²) in [5.74, 6) is -1.03. The highest BCUT2D eigenvalue weighted by Gasteiger charge is 2.16. The molecule has 0 saturated heterocycles. The number of aliphatic hydroxyl groups is 1. The molecule has 5 heteroatoms. The number of carbonyl (C=O) groups is 1. The van der Waals surface area contributed by atoms with E-state index in [9.17, 15) is 4.79 Å². The van der Waals surface area contributed by atoms with E-state index in [-0.39, 0.29) is 12.3 Å². The Kier molecular flexibility index (Phi) is 4.07. The number of rotatable bonds is 5. The van der Waals surface area contributed by atoms with Crippen molar-refractivity contribution < 1.29 is 15.0 Å². The molecule has 0 aliphatic carbocycles. The monoisotopic (exact) mass is 263 g/mol. The van der Waals surface area contributed by atoms with Gasteiger partial charge in [-0.15, -0.1) is 11.3 Å². The van der Waals surface area contributed by atoms with Crippen LogP contribution in [-0.4, -0.2) is 27.8 Å². The van der Waals surface area contributed by atoms with Crippen LogP contribution in [0.4, 0.5) is 0 Å². The fourth-order valence-electron chi connectivity index (χ4n) is 1.68. The van der Waals surface area contributed by atoms with Crippen LogP contribution in [0.3, 0.4) is 0 Å². The number of carboxylic acids is 1. The van der Waals surface area contributed by atoms with E-state index in [4.69, 9.17) is 10.2 Å². The fourth-order valence-corrected chi connectivity index (χ4v) is 2.77. The largest absolute Gasteiger partial charge is 0.476 e. The molecule has 0 fully saturated rings. The van der Waals surface area contributed by atoms with Gasteiger partial charge in [0.2, 0.25) is 0 Å². The first kappa shape index (κ1) is 12.7. The van der Waals surface area contributed by atoms with Crippen molar-refractivity contribution in [1.29, 1.82) is 0 Å². The molecule has 0 atom stereocenters. The van der Waals surface area contributed by atoms with Crippen molar-refractivity contribution >= 4 is 17.3 Å². The van der Waals surface area contributed by atoms with Crippen LogP contribution in [0.2, 0.25) is 0 Å². The van der Waals surface area contributed by atoms with Gasteiger partial charge in [0.25, 0.3) is 0 Å². The molecular formula is C13H13NO3S. The van der Waals surface area contributed by atoms with Gasteiger partial charge in [-0.1, -0.05) is 30.3 Å². The fraction of sp³-hybridized carbons (Fsp3) is 0.231. The Morgan fingerprint density at radius 2 is 2.00 bits per heavy atom. The summed E-state index contributed by atoms with van der Waals surface area (Å²) >= 11 is 1.36. The predicted octanol–water partition coefficient (Wildman–Crippen LogP) is 1.97. The molecule has 0 aliphatic rings. The summed E-state index contributed by atoms with van der Waals surface area (Å²) in [6.45, 7) is -0.0623. The molecule has 2 N–H and O–H groups in total. The van der Waals surface area contributed by atoms with Crippen molar-refractivity contribution in [2.45, 2.75) is 12.8 Å². The average Bonchev–Trinajstić information content (AvgIpc) is 2.74. The molecule has 1 aromatic carbocycles. The van der Waals surface area contributed by atoms with Crippen molar-refractivity contribution in [3.8, 4) is 0 Å². The van der Waals surface area contributed by atoms with E-state index in [0.717, 1.165) is 10.6 Å². The van der Waals surface area contributed by atoms with Crippen LogP contribution in [0.15, 0.2) is 30.3 Å². The minimum absolute atomic E-state index is 0.0623. The molecule has 1 heterocycles. The first-order valence-corrected chi connectivity index (χ1v) is 6.39. The Morgan fingerprint density at radius 1 is 1.28 bits per heavy atom. The summed E-state index contributed by atoms with van der Waals surface area (Å²) < 4.78 is 0. The molecule has 1 aromatic heterocycles.